The lowest BCUT2D eigenvalue weighted by molar-refractivity contribution is 1.37. The third-order valence-electron chi connectivity index (χ3n) is 3.23. The Bertz CT molecular complexity index is 841. The molecule has 0 bridgehead atoms. The van der Waals surface area contributed by atoms with Crippen molar-refractivity contribution in [1.82, 2.24) is 4.98 Å². The van der Waals surface area contributed by atoms with E-state index in [-0.39, 0.29) is 11.7 Å². The van der Waals surface area contributed by atoms with Gasteiger partial charge in [0.25, 0.3) is 0 Å². The number of nitrogen functional groups attached to an aromatic ring is 5. The summed E-state index contributed by atoms with van der Waals surface area (Å²) in [6.07, 6.45) is 0. The van der Waals surface area contributed by atoms with Crippen LogP contribution in [0, 0.1) is 5.41 Å². The summed E-state index contributed by atoms with van der Waals surface area (Å²) in [6.45, 7) is 0. The SMILES string of the molecule is N=C(N)c1ccc(N)cc1.Nc1nc(N)c2ccccc2c1N. The first-order valence-electron chi connectivity index (χ1n) is 6.79. The number of benzene rings is 2. The molecule has 0 fully saturated rings. The zero-order chi connectivity index (χ0) is 17.0. The maximum Gasteiger partial charge on any atom is 0.149 e. The molecule has 0 unspecified atom stereocenters. The highest BCUT2D eigenvalue weighted by atomic mass is 14.9. The number of hydrogen-bond donors (Lipinski definition) is 6. The predicted octanol–water partition coefficient (Wildman–Crippen LogP) is 1.53. The number of fused-ring (bicyclic) bond motifs is 1. The molecule has 3 aromatic rings. The lowest BCUT2D eigenvalue weighted by atomic mass is 10.1. The van der Waals surface area contributed by atoms with Crippen molar-refractivity contribution in [1.29, 1.82) is 5.41 Å². The van der Waals surface area contributed by atoms with Crippen LogP contribution in [0.4, 0.5) is 23.0 Å². The summed E-state index contributed by atoms with van der Waals surface area (Å²) in [5.74, 6) is 0.776. The first-order valence-corrected chi connectivity index (χ1v) is 6.79. The summed E-state index contributed by atoms with van der Waals surface area (Å²) < 4.78 is 0. The lowest BCUT2D eigenvalue weighted by Gasteiger charge is -2.06. The van der Waals surface area contributed by atoms with Crippen LogP contribution in [-0.2, 0) is 0 Å². The van der Waals surface area contributed by atoms with Gasteiger partial charge in [-0.15, -0.1) is 0 Å². The van der Waals surface area contributed by atoms with E-state index in [1.807, 2.05) is 24.3 Å². The fourth-order valence-corrected chi connectivity index (χ4v) is 1.99. The molecule has 3 rings (SSSR count). The zero-order valence-electron chi connectivity index (χ0n) is 12.5. The number of amidine groups is 1. The molecule has 7 nitrogen and oxygen atoms in total. The van der Waals surface area contributed by atoms with Crippen molar-refractivity contribution < 1.29 is 0 Å². The average molecular weight is 309 g/mol. The molecule has 0 saturated heterocycles. The van der Waals surface area contributed by atoms with Gasteiger partial charge in [0.05, 0.1) is 5.69 Å². The molecule has 0 atom stereocenters. The Morgan fingerprint density at radius 2 is 1.35 bits per heavy atom. The molecule has 0 amide bonds. The van der Waals surface area contributed by atoms with Crippen molar-refractivity contribution in [2.24, 2.45) is 5.73 Å². The van der Waals surface area contributed by atoms with Gasteiger partial charge in [0.1, 0.15) is 17.5 Å². The average Bonchev–Trinajstić information content (AvgIpc) is 2.54. The molecule has 1 heterocycles. The Hall–Kier alpha value is -3.48. The molecule has 0 saturated carbocycles. The van der Waals surface area contributed by atoms with Crippen LogP contribution in [0.3, 0.4) is 0 Å². The summed E-state index contributed by atoms with van der Waals surface area (Å²) in [7, 11) is 0. The zero-order valence-corrected chi connectivity index (χ0v) is 12.5. The third kappa shape index (κ3) is 3.59. The van der Waals surface area contributed by atoms with Crippen molar-refractivity contribution in [3.05, 3.63) is 54.1 Å². The fraction of sp³-hybridized carbons (Fsp3) is 0. The summed E-state index contributed by atoms with van der Waals surface area (Å²) in [6, 6.07) is 14.4. The van der Waals surface area contributed by atoms with Crippen LogP contribution in [0.5, 0.6) is 0 Å². The Balaban J connectivity index is 0.000000174. The summed E-state index contributed by atoms with van der Waals surface area (Å²) >= 11 is 0. The van der Waals surface area contributed by atoms with E-state index < -0.39 is 0 Å². The van der Waals surface area contributed by atoms with Crippen LogP contribution in [0.2, 0.25) is 0 Å². The van der Waals surface area contributed by atoms with Crippen molar-refractivity contribution in [2.75, 3.05) is 22.9 Å². The van der Waals surface area contributed by atoms with Crippen molar-refractivity contribution in [3.8, 4) is 0 Å². The molecule has 11 N–H and O–H groups in total. The Morgan fingerprint density at radius 3 is 1.91 bits per heavy atom. The van der Waals surface area contributed by atoms with Crippen LogP contribution in [-0.4, -0.2) is 10.8 Å². The van der Waals surface area contributed by atoms with Gasteiger partial charge in [0, 0.05) is 22.0 Å². The molecule has 118 valence electrons. The molecule has 0 aliphatic carbocycles. The number of aromatic nitrogens is 1. The summed E-state index contributed by atoms with van der Waals surface area (Å²) in [5, 5.41) is 8.74. The Labute approximate surface area is 133 Å². The van der Waals surface area contributed by atoms with Gasteiger partial charge in [-0.3, -0.25) is 5.41 Å². The minimum atomic E-state index is 0.0694. The maximum absolute atomic E-state index is 7.04. The van der Waals surface area contributed by atoms with Crippen molar-refractivity contribution in [2.45, 2.75) is 0 Å². The van der Waals surface area contributed by atoms with Crippen LogP contribution >= 0.6 is 0 Å². The maximum atomic E-state index is 7.04. The largest absolute Gasteiger partial charge is 0.399 e. The molecule has 7 heteroatoms. The molecular formula is C16H19N7. The second-order valence-corrected chi connectivity index (χ2v) is 4.88. The van der Waals surface area contributed by atoms with E-state index >= 15 is 0 Å². The van der Waals surface area contributed by atoms with E-state index in [9.17, 15) is 0 Å². The van der Waals surface area contributed by atoms with Crippen LogP contribution in [0.25, 0.3) is 10.8 Å². The van der Waals surface area contributed by atoms with Crippen LogP contribution in [0.15, 0.2) is 48.5 Å². The first kappa shape index (κ1) is 15.9. The second kappa shape index (κ2) is 6.52. The van der Waals surface area contributed by atoms with E-state index in [2.05, 4.69) is 4.98 Å². The number of rotatable bonds is 1. The highest BCUT2D eigenvalue weighted by Crippen LogP contribution is 2.28. The number of nitrogens with two attached hydrogens (primary N) is 5. The standard InChI is InChI=1S/C9H10N4.C7H9N3/c10-7-5-3-1-2-4-6(5)8(11)13-9(7)12;8-6-3-1-5(2-4-6)7(9)10/h1-4H,10H2,(H4,11,12,13);1-4H,8H2,(H3,9,10). The van der Waals surface area contributed by atoms with Gasteiger partial charge < -0.3 is 28.7 Å². The van der Waals surface area contributed by atoms with E-state index in [1.165, 1.54) is 0 Å². The highest BCUT2D eigenvalue weighted by Gasteiger charge is 2.05. The summed E-state index contributed by atoms with van der Waals surface area (Å²) in [4.78, 5) is 3.93. The van der Waals surface area contributed by atoms with Crippen LogP contribution < -0.4 is 28.7 Å². The van der Waals surface area contributed by atoms with Crippen molar-refractivity contribution >= 4 is 39.6 Å². The molecular weight excluding hydrogens is 290 g/mol. The van der Waals surface area contributed by atoms with Gasteiger partial charge >= 0.3 is 0 Å². The smallest absolute Gasteiger partial charge is 0.149 e. The topological polar surface area (TPSA) is 167 Å². The molecule has 1 aromatic heterocycles. The molecule has 0 radical (unpaired) electrons. The molecule has 0 aliphatic heterocycles. The van der Waals surface area contributed by atoms with Gasteiger partial charge in [-0.1, -0.05) is 24.3 Å². The molecule has 0 aliphatic rings. The number of nitrogens with one attached hydrogen (secondary N) is 1. The highest BCUT2D eigenvalue weighted by molar-refractivity contribution is 6.02. The van der Waals surface area contributed by atoms with E-state index in [0.29, 0.717) is 22.8 Å². The molecule has 0 spiro atoms. The number of pyridine rings is 1. The second-order valence-electron chi connectivity index (χ2n) is 4.88. The van der Waals surface area contributed by atoms with Gasteiger partial charge in [-0.2, -0.15) is 0 Å². The van der Waals surface area contributed by atoms with Gasteiger partial charge in [-0.05, 0) is 24.3 Å². The normalized spacial score (nSPS) is 9.91. The number of hydrogen-bond acceptors (Lipinski definition) is 6. The quantitative estimate of drug-likeness (QED) is 0.226. The van der Waals surface area contributed by atoms with Gasteiger partial charge in [0.15, 0.2) is 0 Å². The van der Waals surface area contributed by atoms with Gasteiger partial charge in [0.2, 0.25) is 0 Å². The third-order valence-corrected chi connectivity index (χ3v) is 3.23. The lowest BCUT2D eigenvalue weighted by Crippen LogP contribution is -2.10. The Morgan fingerprint density at radius 1 is 0.783 bits per heavy atom. The Kier molecular flexibility index (Phi) is 4.51. The number of nitrogens with zero attached hydrogens (tertiary/aromatic N) is 1. The monoisotopic (exact) mass is 309 g/mol. The molecule has 2 aromatic carbocycles. The minimum Gasteiger partial charge on any atom is -0.399 e. The van der Waals surface area contributed by atoms with E-state index in [4.69, 9.17) is 34.1 Å². The van der Waals surface area contributed by atoms with Gasteiger partial charge in [-0.25, -0.2) is 4.98 Å². The molecule has 23 heavy (non-hydrogen) atoms. The van der Waals surface area contributed by atoms with Crippen molar-refractivity contribution in [3.63, 3.8) is 0 Å². The number of anilines is 4. The summed E-state index contributed by atoms with van der Waals surface area (Å²) in [5.41, 5.74) is 29.5. The predicted molar refractivity (Wildman–Crippen MR) is 96.9 cm³/mol. The van der Waals surface area contributed by atoms with Crippen LogP contribution in [0.1, 0.15) is 5.56 Å². The van der Waals surface area contributed by atoms with E-state index in [1.54, 1.807) is 24.3 Å². The van der Waals surface area contributed by atoms with E-state index in [0.717, 1.165) is 10.8 Å². The minimum absolute atomic E-state index is 0.0694. The fourth-order valence-electron chi connectivity index (χ4n) is 1.99. The first-order chi connectivity index (χ1) is 10.9.